The third-order valence-electron chi connectivity index (χ3n) is 2.65. The number of aromatic nitrogens is 2. The number of halogens is 3. The molecule has 0 amide bonds. The van der Waals surface area contributed by atoms with Crippen molar-refractivity contribution in [3.8, 4) is 0 Å². The second-order valence-corrected chi connectivity index (χ2v) is 6.33. The SMILES string of the molecule is Cc1sc2nc(SCCC(F)(F)F)nc(N)c2c1C. The van der Waals surface area contributed by atoms with Gasteiger partial charge in [-0.1, -0.05) is 11.8 Å². The maximum absolute atomic E-state index is 12.1. The molecule has 2 rings (SSSR count). The molecule has 0 radical (unpaired) electrons. The molecule has 0 saturated carbocycles. The quantitative estimate of drug-likeness (QED) is 0.689. The topological polar surface area (TPSA) is 51.8 Å². The van der Waals surface area contributed by atoms with Crippen LogP contribution in [0.15, 0.2) is 5.16 Å². The lowest BCUT2D eigenvalue weighted by atomic mass is 10.2. The minimum Gasteiger partial charge on any atom is -0.383 e. The molecule has 0 spiro atoms. The van der Waals surface area contributed by atoms with Crippen LogP contribution >= 0.6 is 23.1 Å². The van der Waals surface area contributed by atoms with Gasteiger partial charge in [0.15, 0.2) is 5.16 Å². The van der Waals surface area contributed by atoms with E-state index in [2.05, 4.69) is 9.97 Å². The van der Waals surface area contributed by atoms with Crippen LogP contribution in [0.4, 0.5) is 19.0 Å². The molecule has 0 bridgehead atoms. The van der Waals surface area contributed by atoms with Crippen LogP contribution in [0.2, 0.25) is 0 Å². The maximum atomic E-state index is 12.1. The van der Waals surface area contributed by atoms with E-state index in [0.717, 1.165) is 32.4 Å². The number of nitrogens with zero attached hydrogens (tertiary/aromatic N) is 2. The third-order valence-corrected chi connectivity index (χ3v) is 4.60. The lowest BCUT2D eigenvalue weighted by Crippen LogP contribution is -2.08. The van der Waals surface area contributed by atoms with Crippen LogP contribution < -0.4 is 5.73 Å². The monoisotopic (exact) mass is 307 g/mol. The predicted octanol–water partition coefficient (Wildman–Crippen LogP) is 3.93. The summed E-state index contributed by atoms with van der Waals surface area (Å²) in [6.45, 7) is 3.89. The Morgan fingerprint density at radius 3 is 2.58 bits per heavy atom. The second-order valence-electron chi connectivity index (χ2n) is 4.07. The van der Waals surface area contributed by atoms with Crippen molar-refractivity contribution in [1.82, 2.24) is 9.97 Å². The first-order valence-electron chi connectivity index (χ1n) is 5.50. The van der Waals surface area contributed by atoms with Crippen LogP contribution in [-0.4, -0.2) is 21.9 Å². The van der Waals surface area contributed by atoms with Crippen LogP contribution in [0.5, 0.6) is 0 Å². The molecule has 0 aliphatic heterocycles. The largest absolute Gasteiger partial charge is 0.389 e. The lowest BCUT2D eigenvalue weighted by molar-refractivity contribution is -0.129. The van der Waals surface area contributed by atoms with Gasteiger partial charge < -0.3 is 5.73 Å². The van der Waals surface area contributed by atoms with Crippen LogP contribution in [-0.2, 0) is 0 Å². The predicted molar refractivity (Wildman–Crippen MR) is 72.7 cm³/mol. The average Bonchev–Trinajstić information content (AvgIpc) is 2.53. The minimum atomic E-state index is -4.15. The first-order chi connectivity index (χ1) is 8.78. The van der Waals surface area contributed by atoms with Crippen LogP contribution in [0.25, 0.3) is 10.2 Å². The molecule has 19 heavy (non-hydrogen) atoms. The Hall–Kier alpha value is -1.02. The molecule has 0 aromatic carbocycles. The zero-order valence-corrected chi connectivity index (χ0v) is 12.0. The standard InChI is InChI=1S/C11H12F3N3S2/c1-5-6(2)19-9-7(5)8(15)16-10(17-9)18-4-3-11(12,13)14/h3-4H2,1-2H3,(H2,15,16,17). The Labute approximate surface area is 116 Å². The van der Waals surface area contributed by atoms with E-state index in [0.29, 0.717) is 11.0 Å². The van der Waals surface area contributed by atoms with Gasteiger partial charge >= 0.3 is 6.18 Å². The third kappa shape index (κ3) is 3.30. The number of thioether (sulfide) groups is 1. The number of anilines is 1. The van der Waals surface area contributed by atoms with E-state index in [1.807, 2.05) is 13.8 Å². The van der Waals surface area contributed by atoms with Gasteiger partial charge in [0.05, 0.1) is 11.8 Å². The fraction of sp³-hybridized carbons (Fsp3) is 0.455. The van der Waals surface area contributed by atoms with Gasteiger partial charge in [-0.25, -0.2) is 9.97 Å². The van der Waals surface area contributed by atoms with E-state index >= 15 is 0 Å². The van der Waals surface area contributed by atoms with E-state index in [-0.39, 0.29) is 5.75 Å². The Morgan fingerprint density at radius 1 is 1.26 bits per heavy atom. The molecule has 8 heteroatoms. The molecule has 2 N–H and O–H groups in total. The van der Waals surface area contributed by atoms with Crippen molar-refractivity contribution in [1.29, 1.82) is 0 Å². The van der Waals surface area contributed by atoms with E-state index < -0.39 is 12.6 Å². The highest BCUT2D eigenvalue weighted by molar-refractivity contribution is 7.99. The van der Waals surface area contributed by atoms with Crippen LogP contribution in [0.3, 0.4) is 0 Å². The lowest BCUT2D eigenvalue weighted by Gasteiger charge is -2.05. The van der Waals surface area contributed by atoms with Crippen LogP contribution in [0.1, 0.15) is 16.9 Å². The van der Waals surface area contributed by atoms with Gasteiger partial charge in [0.25, 0.3) is 0 Å². The van der Waals surface area contributed by atoms with Gasteiger partial charge in [0.2, 0.25) is 0 Å². The molecule has 0 unspecified atom stereocenters. The Balaban J connectivity index is 2.22. The summed E-state index contributed by atoms with van der Waals surface area (Å²) in [6, 6.07) is 0. The summed E-state index contributed by atoms with van der Waals surface area (Å²) in [6.07, 6.45) is -5.01. The smallest absolute Gasteiger partial charge is 0.383 e. The van der Waals surface area contributed by atoms with Crippen LogP contribution in [0, 0.1) is 13.8 Å². The highest BCUT2D eigenvalue weighted by atomic mass is 32.2. The summed E-state index contributed by atoms with van der Waals surface area (Å²) in [5.41, 5.74) is 6.88. The molecular formula is C11H12F3N3S2. The summed E-state index contributed by atoms with van der Waals surface area (Å²) in [7, 11) is 0. The summed E-state index contributed by atoms with van der Waals surface area (Å²) in [4.78, 5) is 10.1. The van der Waals surface area contributed by atoms with Gasteiger partial charge in [-0.2, -0.15) is 13.2 Å². The number of nitrogen functional groups attached to an aromatic ring is 1. The minimum absolute atomic E-state index is 0.0994. The second kappa shape index (κ2) is 5.16. The number of aryl methyl sites for hydroxylation is 2. The molecule has 2 heterocycles. The Kier molecular flexibility index (Phi) is 3.91. The average molecular weight is 307 g/mol. The summed E-state index contributed by atoms with van der Waals surface area (Å²) in [5, 5.41) is 1.11. The van der Waals surface area contributed by atoms with Crippen molar-refractivity contribution in [2.45, 2.75) is 31.6 Å². The van der Waals surface area contributed by atoms with E-state index in [1.165, 1.54) is 11.3 Å². The highest BCUT2D eigenvalue weighted by Gasteiger charge is 2.26. The van der Waals surface area contributed by atoms with E-state index in [4.69, 9.17) is 5.73 Å². The van der Waals surface area contributed by atoms with Crippen molar-refractivity contribution in [3.05, 3.63) is 10.4 Å². The number of rotatable bonds is 3. The fourth-order valence-corrected chi connectivity index (χ4v) is 3.51. The molecular weight excluding hydrogens is 295 g/mol. The Morgan fingerprint density at radius 2 is 1.95 bits per heavy atom. The molecule has 0 aliphatic carbocycles. The van der Waals surface area contributed by atoms with Crippen molar-refractivity contribution in [2.24, 2.45) is 0 Å². The molecule has 2 aromatic rings. The maximum Gasteiger partial charge on any atom is 0.389 e. The van der Waals surface area contributed by atoms with Gasteiger partial charge in [-0.15, -0.1) is 11.3 Å². The van der Waals surface area contributed by atoms with Gasteiger partial charge in [0.1, 0.15) is 10.6 Å². The summed E-state index contributed by atoms with van der Waals surface area (Å²) in [5.74, 6) is 0.235. The molecule has 0 aliphatic rings. The number of alkyl halides is 3. The zero-order chi connectivity index (χ0) is 14.2. The molecule has 0 fully saturated rings. The van der Waals surface area contributed by atoms with E-state index in [1.54, 1.807) is 0 Å². The molecule has 2 aromatic heterocycles. The normalized spacial score (nSPS) is 12.3. The van der Waals surface area contributed by atoms with Crippen molar-refractivity contribution in [2.75, 3.05) is 11.5 Å². The van der Waals surface area contributed by atoms with Gasteiger partial charge in [-0.3, -0.25) is 0 Å². The van der Waals surface area contributed by atoms with Gasteiger partial charge in [-0.05, 0) is 19.4 Å². The van der Waals surface area contributed by atoms with Crippen molar-refractivity contribution >= 4 is 39.1 Å². The first-order valence-corrected chi connectivity index (χ1v) is 7.31. The van der Waals surface area contributed by atoms with Gasteiger partial charge in [0, 0.05) is 10.6 Å². The first kappa shape index (κ1) is 14.4. The molecule has 0 saturated heterocycles. The number of thiophene rings is 1. The number of fused-ring (bicyclic) bond motifs is 1. The number of hydrogen-bond donors (Lipinski definition) is 1. The Bertz CT molecular complexity index is 607. The summed E-state index contributed by atoms with van der Waals surface area (Å²) < 4.78 is 36.2. The summed E-state index contributed by atoms with van der Waals surface area (Å²) >= 11 is 2.46. The zero-order valence-electron chi connectivity index (χ0n) is 10.3. The fourth-order valence-electron chi connectivity index (χ4n) is 1.58. The van der Waals surface area contributed by atoms with Crippen molar-refractivity contribution < 1.29 is 13.2 Å². The number of nitrogens with two attached hydrogens (primary N) is 1. The molecule has 0 atom stereocenters. The van der Waals surface area contributed by atoms with E-state index in [9.17, 15) is 13.2 Å². The number of hydrogen-bond acceptors (Lipinski definition) is 5. The molecule has 104 valence electrons. The highest BCUT2D eigenvalue weighted by Crippen LogP contribution is 2.34. The van der Waals surface area contributed by atoms with Crippen molar-refractivity contribution in [3.63, 3.8) is 0 Å². The molecule has 3 nitrogen and oxygen atoms in total.